The van der Waals surface area contributed by atoms with Crippen LogP contribution in [0.3, 0.4) is 0 Å². The van der Waals surface area contributed by atoms with Crippen LogP contribution in [0.2, 0.25) is 0 Å². The molecule has 1 fully saturated rings. The van der Waals surface area contributed by atoms with E-state index in [2.05, 4.69) is 5.32 Å². The number of nitro groups is 1. The molecule has 8 heteroatoms. The van der Waals surface area contributed by atoms with Gasteiger partial charge in [0.2, 0.25) is 11.7 Å². The van der Waals surface area contributed by atoms with E-state index in [-0.39, 0.29) is 23.9 Å². The van der Waals surface area contributed by atoms with Crippen LogP contribution >= 0.6 is 0 Å². The number of non-ortho nitro benzene ring substituents is 1. The molecule has 0 unspecified atom stereocenters. The number of aromatic carboxylic acids is 1. The first kappa shape index (κ1) is 16.7. The Balaban J connectivity index is 1.75. The molecule has 1 aliphatic carbocycles. The van der Waals surface area contributed by atoms with E-state index in [1.807, 2.05) is 0 Å². The maximum absolute atomic E-state index is 12.7. The minimum atomic E-state index is -1.19. The van der Waals surface area contributed by atoms with Crippen molar-refractivity contribution >= 4 is 17.6 Å². The van der Waals surface area contributed by atoms with Gasteiger partial charge in [-0.05, 0) is 24.5 Å². The van der Waals surface area contributed by atoms with E-state index in [1.165, 1.54) is 24.5 Å². The first-order valence-electron chi connectivity index (χ1n) is 7.77. The van der Waals surface area contributed by atoms with Gasteiger partial charge in [0.1, 0.15) is 0 Å². The van der Waals surface area contributed by atoms with E-state index < -0.39 is 16.3 Å². The summed E-state index contributed by atoms with van der Waals surface area (Å²) in [4.78, 5) is 34.0. The Morgan fingerprint density at radius 3 is 2.44 bits per heavy atom. The highest BCUT2D eigenvalue weighted by molar-refractivity contribution is 5.90. The van der Waals surface area contributed by atoms with Gasteiger partial charge in [0.05, 0.1) is 16.6 Å². The second-order valence-corrected chi connectivity index (χ2v) is 6.00. The van der Waals surface area contributed by atoms with Crippen LogP contribution in [-0.4, -0.2) is 21.9 Å². The average molecular weight is 344 g/mol. The Kier molecular flexibility index (Phi) is 4.26. The van der Waals surface area contributed by atoms with Crippen molar-refractivity contribution in [2.45, 2.75) is 31.2 Å². The zero-order valence-electron chi connectivity index (χ0n) is 13.2. The lowest BCUT2D eigenvalue weighted by molar-refractivity contribution is -0.384. The number of nitro benzene ring substituents is 1. The molecule has 0 radical (unpaired) electrons. The summed E-state index contributed by atoms with van der Waals surface area (Å²) in [6, 6.07) is 7.50. The summed E-state index contributed by atoms with van der Waals surface area (Å²) in [5.74, 6) is -1.61. The fourth-order valence-electron chi connectivity index (χ4n) is 3.09. The van der Waals surface area contributed by atoms with Crippen LogP contribution in [0, 0.1) is 10.1 Å². The summed E-state index contributed by atoms with van der Waals surface area (Å²) in [6.45, 7) is 0.0473. The van der Waals surface area contributed by atoms with Crippen LogP contribution in [0.4, 0.5) is 5.69 Å². The molecule has 8 nitrogen and oxygen atoms in total. The lowest BCUT2D eigenvalue weighted by Gasteiger charge is -2.40. The monoisotopic (exact) mass is 344 g/mol. The van der Waals surface area contributed by atoms with Gasteiger partial charge in [0.25, 0.3) is 5.69 Å². The lowest BCUT2D eigenvalue weighted by Crippen LogP contribution is -2.49. The highest BCUT2D eigenvalue weighted by Gasteiger charge is 2.45. The van der Waals surface area contributed by atoms with Crippen molar-refractivity contribution in [1.82, 2.24) is 5.32 Å². The molecule has 2 aromatic rings. The lowest BCUT2D eigenvalue weighted by atomic mass is 9.63. The minimum absolute atomic E-state index is 0.0249. The van der Waals surface area contributed by atoms with Crippen molar-refractivity contribution in [3.8, 4) is 0 Å². The normalized spacial score (nSPS) is 15.2. The molecule has 2 N–H and O–H groups in total. The number of hydrogen-bond acceptors (Lipinski definition) is 5. The Hall–Kier alpha value is -3.16. The molecule has 1 heterocycles. The van der Waals surface area contributed by atoms with E-state index in [9.17, 15) is 19.7 Å². The van der Waals surface area contributed by atoms with Crippen molar-refractivity contribution in [1.29, 1.82) is 0 Å². The van der Waals surface area contributed by atoms with Gasteiger partial charge in [-0.1, -0.05) is 18.6 Å². The van der Waals surface area contributed by atoms with Crippen molar-refractivity contribution in [3.63, 3.8) is 0 Å². The summed E-state index contributed by atoms with van der Waals surface area (Å²) < 4.78 is 4.89. The number of nitrogens with one attached hydrogen (secondary N) is 1. The van der Waals surface area contributed by atoms with Crippen molar-refractivity contribution in [2.24, 2.45) is 0 Å². The Morgan fingerprint density at radius 2 is 1.92 bits per heavy atom. The van der Waals surface area contributed by atoms with Gasteiger partial charge in [0, 0.05) is 24.2 Å². The van der Waals surface area contributed by atoms with Gasteiger partial charge in [0.15, 0.2) is 0 Å². The van der Waals surface area contributed by atoms with E-state index in [0.29, 0.717) is 18.4 Å². The molecule has 1 aromatic heterocycles. The second kappa shape index (κ2) is 6.39. The Morgan fingerprint density at radius 1 is 1.24 bits per heavy atom. The maximum Gasteiger partial charge on any atom is 0.372 e. The summed E-state index contributed by atoms with van der Waals surface area (Å²) in [5, 5.41) is 22.6. The zero-order chi connectivity index (χ0) is 18.0. The summed E-state index contributed by atoms with van der Waals surface area (Å²) in [6.07, 6.45) is 3.44. The number of carbonyl (C=O) groups is 2. The number of benzene rings is 1. The largest absolute Gasteiger partial charge is 0.475 e. The highest BCUT2D eigenvalue weighted by Crippen LogP contribution is 2.44. The maximum atomic E-state index is 12.7. The van der Waals surface area contributed by atoms with Gasteiger partial charge in [-0.25, -0.2) is 4.79 Å². The fraction of sp³-hybridized carbons (Fsp3) is 0.294. The second-order valence-electron chi connectivity index (χ2n) is 6.00. The molecule has 0 saturated heterocycles. The standard InChI is InChI=1S/C17H16N2O6/c20-15(21)14-11(6-9-25-14)10-18-16(22)17(7-1-8-17)12-2-4-13(5-3-12)19(23)24/h2-6,9H,1,7-8,10H2,(H,18,22)(H,20,21). The molecule has 1 saturated carbocycles. The van der Waals surface area contributed by atoms with Gasteiger partial charge in [-0.3, -0.25) is 14.9 Å². The molecular weight excluding hydrogens is 328 g/mol. The van der Waals surface area contributed by atoms with Crippen LogP contribution in [0.5, 0.6) is 0 Å². The quantitative estimate of drug-likeness (QED) is 0.613. The Bertz CT molecular complexity index is 820. The number of furan rings is 1. The predicted octanol–water partition coefficient (Wildman–Crippen LogP) is 2.62. The number of carboxylic acids is 1. The number of carboxylic acid groups (broad SMARTS) is 1. The van der Waals surface area contributed by atoms with E-state index in [4.69, 9.17) is 9.52 Å². The van der Waals surface area contributed by atoms with Crippen molar-refractivity contribution < 1.29 is 24.0 Å². The molecule has 1 aliphatic rings. The molecule has 0 atom stereocenters. The summed E-state index contributed by atoms with van der Waals surface area (Å²) >= 11 is 0. The molecule has 130 valence electrons. The van der Waals surface area contributed by atoms with E-state index in [1.54, 1.807) is 12.1 Å². The van der Waals surface area contributed by atoms with Crippen LogP contribution in [0.15, 0.2) is 41.0 Å². The van der Waals surface area contributed by atoms with Gasteiger partial charge >= 0.3 is 5.97 Å². The number of carbonyl (C=O) groups excluding carboxylic acids is 1. The zero-order valence-corrected chi connectivity index (χ0v) is 13.2. The smallest absolute Gasteiger partial charge is 0.372 e. The van der Waals surface area contributed by atoms with Crippen molar-refractivity contribution in [3.05, 3.63) is 63.6 Å². The Labute approximate surface area is 142 Å². The molecular formula is C17H16N2O6. The van der Waals surface area contributed by atoms with Crippen LogP contribution in [0.25, 0.3) is 0 Å². The van der Waals surface area contributed by atoms with Gasteiger partial charge in [-0.2, -0.15) is 0 Å². The SMILES string of the molecule is O=C(O)c1occc1CNC(=O)C1(c2ccc([N+](=O)[O-])cc2)CCC1. The van der Waals surface area contributed by atoms with Crippen LogP contribution < -0.4 is 5.32 Å². The molecule has 1 aromatic carbocycles. The number of hydrogen-bond donors (Lipinski definition) is 2. The van der Waals surface area contributed by atoms with Crippen molar-refractivity contribution in [2.75, 3.05) is 0 Å². The van der Waals surface area contributed by atoms with Crippen LogP contribution in [-0.2, 0) is 16.8 Å². The molecule has 3 rings (SSSR count). The topological polar surface area (TPSA) is 123 Å². The average Bonchev–Trinajstić information content (AvgIpc) is 3.01. The fourth-order valence-corrected chi connectivity index (χ4v) is 3.09. The minimum Gasteiger partial charge on any atom is -0.475 e. The van der Waals surface area contributed by atoms with E-state index in [0.717, 1.165) is 12.0 Å². The first-order valence-corrected chi connectivity index (χ1v) is 7.77. The molecule has 1 amide bonds. The predicted molar refractivity (Wildman–Crippen MR) is 86.1 cm³/mol. The molecule has 0 spiro atoms. The van der Waals surface area contributed by atoms with Gasteiger partial charge < -0.3 is 14.8 Å². The number of amides is 1. The molecule has 0 bridgehead atoms. The summed E-state index contributed by atoms with van der Waals surface area (Å²) in [5.41, 5.74) is 0.372. The molecule has 0 aliphatic heterocycles. The first-order chi connectivity index (χ1) is 11.9. The third-order valence-electron chi connectivity index (χ3n) is 4.65. The molecule has 25 heavy (non-hydrogen) atoms. The highest BCUT2D eigenvalue weighted by atomic mass is 16.6. The third-order valence-corrected chi connectivity index (χ3v) is 4.65. The van der Waals surface area contributed by atoms with Gasteiger partial charge in [-0.15, -0.1) is 0 Å². The summed E-state index contributed by atoms with van der Waals surface area (Å²) in [7, 11) is 0. The number of rotatable bonds is 6. The third kappa shape index (κ3) is 2.98. The van der Waals surface area contributed by atoms with E-state index >= 15 is 0 Å². The van der Waals surface area contributed by atoms with Crippen LogP contribution in [0.1, 0.15) is 40.9 Å². The number of nitrogens with zero attached hydrogens (tertiary/aromatic N) is 1.